The smallest absolute Gasteiger partial charge is 0.0587 e. The summed E-state index contributed by atoms with van der Waals surface area (Å²) < 4.78 is 4.97. The van der Waals surface area contributed by atoms with Crippen molar-refractivity contribution in [3.05, 3.63) is 0 Å². The predicted molar refractivity (Wildman–Crippen MR) is 59.6 cm³/mol. The fourth-order valence-electron chi connectivity index (χ4n) is 1.99. The van der Waals surface area contributed by atoms with Crippen molar-refractivity contribution in [2.75, 3.05) is 39.9 Å². The van der Waals surface area contributed by atoms with E-state index in [1.54, 1.807) is 7.11 Å². The predicted octanol–water partition coefficient (Wildman–Crippen LogP) is 1.00. The molecule has 0 aromatic rings. The highest BCUT2D eigenvalue weighted by molar-refractivity contribution is 4.69. The molecule has 3 nitrogen and oxygen atoms in total. The van der Waals surface area contributed by atoms with Crippen LogP contribution >= 0.6 is 0 Å². The summed E-state index contributed by atoms with van der Waals surface area (Å²) in [5.74, 6) is 0.924. The fraction of sp³-hybridized carbons (Fsp3) is 1.00. The number of nitrogens with one attached hydrogen (secondary N) is 2. The fourth-order valence-corrected chi connectivity index (χ4v) is 1.99. The molecule has 1 fully saturated rings. The largest absolute Gasteiger partial charge is 0.383 e. The normalized spacial score (nSPS) is 22.5. The molecule has 1 unspecified atom stereocenters. The van der Waals surface area contributed by atoms with Crippen LogP contribution in [-0.2, 0) is 4.74 Å². The minimum atomic E-state index is 0.824. The molecular formula is C11H24N2O. The van der Waals surface area contributed by atoms with Crippen molar-refractivity contribution in [3.8, 4) is 0 Å². The molecular weight excluding hydrogens is 176 g/mol. The van der Waals surface area contributed by atoms with Crippen molar-refractivity contribution in [2.45, 2.75) is 25.7 Å². The second-order valence-corrected chi connectivity index (χ2v) is 4.10. The molecule has 14 heavy (non-hydrogen) atoms. The summed E-state index contributed by atoms with van der Waals surface area (Å²) in [6.45, 7) is 5.41. The molecule has 0 amide bonds. The first-order valence-electron chi connectivity index (χ1n) is 5.84. The van der Waals surface area contributed by atoms with Crippen molar-refractivity contribution < 1.29 is 4.74 Å². The van der Waals surface area contributed by atoms with Gasteiger partial charge in [-0.2, -0.15) is 0 Å². The number of hydrogen-bond acceptors (Lipinski definition) is 3. The average molecular weight is 200 g/mol. The van der Waals surface area contributed by atoms with Gasteiger partial charge in [0.1, 0.15) is 0 Å². The maximum absolute atomic E-state index is 4.97. The standard InChI is InChI=1S/C11H24N2O/c1-14-9-8-12-6-2-4-11-5-3-7-13-10-11/h11-13H,2-10H2,1H3. The number of piperidine rings is 1. The molecule has 84 valence electrons. The quantitative estimate of drug-likeness (QED) is 0.602. The van der Waals surface area contributed by atoms with Gasteiger partial charge in [0, 0.05) is 13.7 Å². The summed E-state index contributed by atoms with van der Waals surface area (Å²) in [7, 11) is 1.75. The zero-order valence-electron chi connectivity index (χ0n) is 9.35. The molecule has 1 heterocycles. The lowest BCUT2D eigenvalue weighted by Crippen LogP contribution is -2.30. The van der Waals surface area contributed by atoms with Crippen molar-refractivity contribution in [3.63, 3.8) is 0 Å². The van der Waals surface area contributed by atoms with Gasteiger partial charge in [0.2, 0.25) is 0 Å². The van der Waals surface area contributed by atoms with E-state index in [2.05, 4.69) is 10.6 Å². The number of ether oxygens (including phenoxy) is 1. The number of methoxy groups -OCH3 is 1. The average Bonchev–Trinajstić information content (AvgIpc) is 2.25. The van der Waals surface area contributed by atoms with Crippen LogP contribution < -0.4 is 10.6 Å². The van der Waals surface area contributed by atoms with Crippen LogP contribution in [0.15, 0.2) is 0 Å². The summed E-state index contributed by atoms with van der Waals surface area (Å²) in [4.78, 5) is 0. The Balaban J connectivity index is 1.82. The number of rotatable bonds is 7. The monoisotopic (exact) mass is 200 g/mol. The molecule has 0 bridgehead atoms. The lowest BCUT2D eigenvalue weighted by Gasteiger charge is -2.22. The minimum Gasteiger partial charge on any atom is -0.383 e. The van der Waals surface area contributed by atoms with E-state index in [0.717, 1.165) is 25.6 Å². The van der Waals surface area contributed by atoms with Crippen molar-refractivity contribution in [1.29, 1.82) is 0 Å². The molecule has 2 N–H and O–H groups in total. The van der Waals surface area contributed by atoms with Crippen LogP contribution in [0.3, 0.4) is 0 Å². The van der Waals surface area contributed by atoms with Crippen molar-refractivity contribution in [2.24, 2.45) is 5.92 Å². The molecule has 1 rings (SSSR count). The van der Waals surface area contributed by atoms with Crippen LogP contribution in [-0.4, -0.2) is 39.9 Å². The second kappa shape index (κ2) is 8.21. The lowest BCUT2D eigenvalue weighted by atomic mass is 9.95. The molecule has 1 saturated heterocycles. The Kier molecular flexibility index (Phi) is 7.01. The van der Waals surface area contributed by atoms with E-state index in [1.807, 2.05) is 0 Å². The number of hydrogen-bond donors (Lipinski definition) is 2. The third-order valence-electron chi connectivity index (χ3n) is 2.85. The van der Waals surface area contributed by atoms with E-state index in [1.165, 1.54) is 38.8 Å². The van der Waals surface area contributed by atoms with Gasteiger partial charge in [-0.05, 0) is 51.2 Å². The second-order valence-electron chi connectivity index (χ2n) is 4.10. The van der Waals surface area contributed by atoms with Gasteiger partial charge in [0.15, 0.2) is 0 Å². The molecule has 3 heteroatoms. The SMILES string of the molecule is COCCNCCCC1CCCNC1. The maximum Gasteiger partial charge on any atom is 0.0587 e. The molecule has 1 aliphatic rings. The van der Waals surface area contributed by atoms with Gasteiger partial charge in [-0.3, -0.25) is 0 Å². The van der Waals surface area contributed by atoms with Crippen LogP contribution in [0.25, 0.3) is 0 Å². The van der Waals surface area contributed by atoms with E-state index in [9.17, 15) is 0 Å². The van der Waals surface area contributed by atoms with Gasteiger partial charge in [0.25, 0.3) is 0 Å². The highest BCUT2D eigenvalue weighted by Crippen LogP contribution is 2.14. The Morgan fingerprint density at radius 2 is 2.36 bits per heavy atom. The van der Waals surface area contributed by atoms with E-state index in [4.69, 9.17) is 4.74 Å². The first-order valence-corrected chi connectivity index (χ1v) is 5.84. The Hall–Kier alpha value is -0.120. The van der Waals surface area contributed by atoms with Crippen LogP contribution in [0.1, 0.15) is 25.7 Å². The highest BCUT2D eigenvalue weighted by atomic mass is 16.5. The van der Waals surface area contributed by atoms with Gasteiger partial charge in [-0.1, -0.05) is 0 Å². The first kappa shape index (κ1) is 12.0. The molecule has 0 spiro atoms. The first-order chi connectivity index (χ1) is 6.93. The minimum absolute atomic E-state index is 0.824. The van der Waals surface area contributed by atoms with Gasteiger partial charge in [-0.15, -0.1) is 0 Å². The Morgan fingerprint density at radius 1 is 1.43 bits per heavy atom. The summed E-state index contributed by atoms with van der Waals surface area (Å²) >= 11 is 0. The van der Waals surface area contributed by atoms with E-state index < -0.39 is 0 Å². The van der Waals surface area contributed by atoms with E-state index in [-0.39, 0.29) is 0 Å². The Labute approximate surface area is 87.6 Å². The van der Waals surface area contributed by atoms with Crippen molar-refractivity contribution >= 4 is 0 Å². The molecule has 0 saturated carbocycles. The van der Waals surface area contributed by atoms with E-state index >= 15 is 0 Å². The van der Waals surface area contributed by atoms with Crippen LogP contribution in [0, 0.1) is 5.92 Å². The van der Waals surface area contributed by atoms with Gasteiger partial charge < -0.3 is 15.4 Å². The van der Waals surface area contributed by atoms with Crippen molar-refractivity contribution in [1.82, 2.24) is 10.6 Å². The van der Waals surface area contributed by atoms with Gasteiger partial charge >= 0.3 is 0 Å². The van der Waals surface area contributed by atoms with Crippen LogP contribution in [0.4, 0.5) is 0 Å². The molecule has 1 aliphatic heterocycles. The van der Waals surface area contributed by atoms with Gasteiger partial charge in [0.05, 0.1) is 6.61 Å². The molecule has 0 aromatic heterocycles. The van der Waals surface area contributed by atoms with Crippen LogP contribution in [0.5, 0.6) is 0 Å². The topological polar surface area (TPSA) is 33.3 Å². The third kappa shape index (κ3) is 5.58. The zero-order chi connectivity index (χ0) is 10.1. The Bertz CT molecular complexity index is 124. The van der Waals surface area contributed by atoms with Crippen LogP contribution in [0.2, 0.25) is 0 Å². The molecule has 0 aliphatic carbocycles. The summed E-state index contributed by atoms with van der Waals surface area (Å²) in [5, 5.41) is 6.84. The maximum atomic E-state index is 4.97. The third-order valence-corrected chi connectivity index (χ3v) is 2.85. The highest BCUT2D eigenvalue weighted by Gasteiger charge is 2.11. The molecule has 0 aromatic carbocycles. The lowest BCUT2D eigenvalue weighted by molar-refractivity contribution is 0.199. The molecule has 0 radical (unpaired) electrons. The van der Waals surface area contributed by atoms with Gasteiger partial charge in [-0.25, -0.2) is 0 Å². The van der Waals surface area contributed by atoms with E-state index in [0.29, 0.717) is 0 Å². The summed E-state index contributed by atoms with van der Waals surface area (Å²) in [6.07, 6.45) is 5.45. The summed E-state index contributed by atoms with van der Waals surface area (Å²) in [5.41, 5.74) is 0. The summed E-state index contributed by atoms with van der Waals surface area (Å²) in [6, 6.07) is 0. The molecule has 1 atom stereocenters. The Morgan fingerprint density at radius 3 is 3.07 bits per heavy atom. The zero-order valence-corrected chi connectivity index (χ0v) is 9.35.